The molecule has 0 aromatic carbocycles. The summed E-state index contributed by atoms with van der Waals surface area (Å²) in [7, 11) is 0. The zero-order valence-electron chi connectivity index (χ0n) is 14.8. The van der Waals surface area contributed by atoms with Crippen LogP contribution in [0.2, 0.25) is 0 Å². The summed E-state index contributed by atoms with van der Waals surface area (Å²) in [5, 5.41) is 29.6. The van der Waals surface area contributed by atoms with Crippen LogP contribution in [-0.4, -0.2) is 74.5 Å². The molecule has 12 heteroatoms. The molecule has 1 aliphatic heterocycles. The van der Waals surface area contributed by atoms with E-state index in [0.29, 0.717) is 0 Å². The molecule has 6 N–H and O–H groups in total. The Labute approximate surface area is 159 Å². The number of nitrogens with two attached hydrogens (primary N) is 1. The molecule has 0 aliphatic carbocycles. The Hall–Kier alpha value is -3.28. The van der Waals surface area contributed by atoms with Crippen molar-refractivity contribution in [2.45, 2.75) is 31.2 Å². The number of nitrogens with one attached hydrogen (secondary N) is 1. The van der Waals surface area contributed by atoms with Crippen molar-refractivity contribution in [3.63, 3.8) is 0 Å². The molecular formula is C16H21N3O9. The zero-order valence-corrected chi connectivity index (χ0v) is 14.8. The van der Waals surface area contributed by atoms with E-state index in [1.807, 2.05) is 0 Å². The molecule has 0 aromatic rings. The molecule has 154 valence electrons. The van der Waals surface area contributed by atoms with Gasteiger partial charge in [-0.1, -0.05) is 0 Å². The zero-order chi connectivity index (χ0) is 21.5. The van der Waals surface area contributed by atoms with Crippen LogP contribution >= 0.6 is 0 Å². The lowest BCUT2D eigenvalue weighted by Crippen LogP contribution is -2.59. The third-order valence-corrected chi connectivity index (χ3v) is 4.21. The van der Waals surface area contributed by atoms with Crippen molar-refractivity contribution in [1.82, 2.24) is 10.2 Å². The molecule has 3 amide bonds. The van der Waals surface area contributed by atoms with E-state index < -0.39 is 53.5 Å². The second kappa shape index (κ2) is 9.60. The minimum absolute atomic E-state index is 0.0488. The summed E-state index contributed by atoms with van der Waals surface area (Å²) in [6, 6.07) is 0. The fourth-order valence-electron chi connectivity index (χ4n) is 2.64. The number of aliphatic carboxylic acids is 3. The number of nitrogens with zero attached hydrogens (tertiary/aromatic N) is 1. The molecule has 28 heavy (non-hydrogen) atoms. The summed E-state index contributed by atoms with van der Waals surface area (Å²) in [4.78, 5) is 68.7. The highest BCUT2D eigenvalue weighted by Gasteiger charge is 2.50. The third-order valence-electron chi connectivity index (χ3n) is 4.21. The Morgan fingerprint density at radius 2 is 1.57 bits per heavy atom. The van der Waals surface area contributed by atoms with Crippen molar-refractivity contribution in [3.8, 4) is 0 Å². The van der Waals surface area contributed by atoms with Crippen LogP contribution in [0, 0.1) is 5.92 Å². The van der Waals surface area contributed by atoms with Gasteiger partial charge in [0.05, 0.1) is 0 Å². The number of carbonyl (C=O) groups excluding carboxylic acids is 3. The molecule has 1 aliphatic rings. The van der Waals surface area contributed by atoms with E-state index in [9.17, 15) is 33.9 Å². The van der Waals surface area contributed by atoms with Crippen molar-refractivity contribution in [1.29, 1.82) is 0 Å². The Kier molecular flexibility index (Phi) is 7.80. The molecule has 0 radical (unpaired) electrons. The Morgan fingerprint density at radius 1 is 1.04 bits per heavy atom. The fraction of sp³-hybridized carbons (Fsp3) is 0.500. The summed E-state index contributed by atoms with van der Waals surface area (Å²) >= 11 is 0. The highest BCUT2D eigenvalue weighted by atomic mass is 16.4. The standard InChI is InChI=1S/C16H21N3O9/c17-16(15(27)28,12(13(23)24)14(25)26)6-1-2-7-18-9(20)5-8-19-10(21)3-4-11(19)22/h3-4,12H,1-2,5-8,17H2,(H,18,20)(H,23,24)(H,25,26)(H,27,28)/t16-/m1/s1. The average molecular weight is 399 g/mol. The largest absolute Gasteiger partial charge is 0.481 e. The number of imide groups is 1. The van der Waals surface area contributed by atoms with Gasteiger partial charge in [0.15, 0.2) is 5.92 Å². The van der Waals surface area contributed by atoms with Gasteiger partial charge in [0.2, 0.25) is 5.91 Å². The van der Waals surface area contributed by atoms with Gasteiger partial charge >= 0.3 is 17.9 Å². The van der Waals surface area contributed by atoms with Crippen LogP contribution in [0.3, 0.4) is 0 Å². The molecule has 0 saturated carbocycles. The normalized spacial score (nSPS) is 15.6. The monoisotopic (exact) mass is 399 g/mol. The number of carbonyl (C=O) groups is 6. The fourth-order valence-corrected chi connectivity index (χ4v) is 2.64. The highest BCUT2D eigenvalue weighted by Crippen LogP contribution is 2.23. The molecule has 0 spiro atoms. The summed E-state index contributed by atoms with van der Waals surface area (Å²) in [5.41, 5.74) is 3.05. The molecule has 0 bridgehead atoms. The van der Waals surface area contributed by atoms with Gasteiger partial charge in [-0.25, -0.2) is 0 Å². The predicted molar refractivity (Wildman–Crippen MR) is 90.7 cm³/mol. The maximum atomic E-state index is 11.7. The molecule has 1 rings (SSSR count). The number of hydrogen-bond acceptors (Lipinski definition) is 7. The average Bonchev–Trinajstić information content (AvgIpc) is 2.90. The number of carboxylic acid groups (broad SMARTS) is 3. The van der Waals surface area contributed by atoms with E-state index in [2.05, 4.69) is 5.32 Å². The lowest BCUT2D eigenvalue weighted by atomic mass is 9.80. The smallest absolute Gasteiger partial charge is 0.325 e. The van der Waals surface area contributed by atoms with Crippen molar-refractivity contribution in [2.24, 2.45) is 11.7 Å². The van der Waals surface area contributed by atoms with Gasteiger partial charge in [0, 0.05) is 31.7 Å². The van der Waals surface area contributed by atoms with E-state index >= 15 is 0 Å². The highest BCUT2D eigenvalue weighted by molar-refractivity contribution is 6.13. The number of unbranched alkanes of at least 4 members (excludes halogenated alkanes) is 1. The molecule has 0 unspecified atom stereocenters. The summed E-state index contributed by atoms with van der Waals surface area (Å²) in [6.45, 7) is 0.0137. The molecule has 1 heterocycles. The van der Waals surface area contributed by atoms with Gasteiger partial charge in [-0.15, -0.1) is 0 Å². The second-order valence-corrected chi connectivity index (χ2v) is 6.17. The van der Waals surface area contributed by atoms with Gasteiger partial charge in [-0.05, 0) is 19.3 Å². The van der Waals surface area contributed by atoms with Crippen LogP contribution in [0.4, 0.5) is 0 Å². The van der Waals surface area contributed by atoms with Gasteiger partial charge < -0.3 is 26.4 Å². The first kappa shape index (κ1) is 22.8. The predicted octanol–water partition coefficient (Wildman–Crippen LogP) is -1.84. The van der Waals surface area contributed by atoms with E-state index in [1.165, 1.54) is 0 Å². The van der Waals surface area contributed by atoms with Gasteiger partial charge in [-0.3, -0.25) is 33.7 Å². The first-order valence-electron chi connectivity index (χ1n) is 8.29. The maximum absolute atomic E-state index is 11.7. The maximum Gasteiger partial charge on any atom is 0.325 e. The molecule has 1 atom stereocenters. The van der Waals surface area contributed by atoms with Gasteiger partial charge in [-0.2, -0.15) is 0 Å². The second-order valence-electron chi connectivity index (χ2n) is 6.17. The Balaban J connectivity index is 2.41. The van der Waals surface area contributed by atoms with Crippen LogP contribution in [0.1, 0.15) is 25.7 Å². The first-order chi connectivity index (χ1) is 13.0. The van der Waals surface area contributed by atoms with Crippen molar-refractivity contribution < 1.29 is 44.1 Å². The minimum atomic E-state index is -2.49. The lowest BCUT2D eigenvalue weighted by molar-refractivity contribution is -0.166. The third kappa shape index (κ3) is 5.61. The SMILES string of the molecule is N[C@@](CCCCNC(=O)CCN1C(=O)C=CC1=O)(C(=O)O)C(C(=O)O)C(=O)O. The van der Waals surface area contributed by atoms with Crippen LogP contribution in [0.5, 0.6) is 0 Å². The van der Waals surface area contributed by atoms with Gasteiger partial charge in [0.25, 0.3) is 11.8 Å². The van der Waals surface area contributed by atoms with E-state index in [4.69, 9.17) is 15.9 Å². The minimum Gasteiger partial charge on any atom is -0.481 e. The van der Waals surface area contributed by atoms with Crippen molar-refractivity contribution >= 4 is 35.6 Å². The lowest BCUT2D eigenvalue weighted by Gasteiger charge is -2.28. The van der Waals surface area contributed by atoms with E-state index in [0.717, 1.165) is 17.1 Å². The summed E-state index contributed by atoms with van der Waals surface area (Å²) in [5.74, 6) is -9.23. The Morgan fingerprint density at radius 3 is 2.04 bits per heavy atom. The molecule has 0 fully saturated rings. The van der Waals surface area contributed by atoms with E-state index in [-0.39, 0.29) is 32.4 Å². The van der Waals surface area contributed by atoms with Crippen LogP contribution in [0.25, 0.3) is 0 Å². The van der Waals surface area contributed by atoms with E-state index in [1.54, 1.807) is 0 Å². The number of amides is 3. The van der Waals surface area contributed by atoms with Crippen LogP contribution in [-0.2, 0) is 28.8 Å². The quantitative estimate of drug-likeness (QED) is 0.141. The van der Waals surface area contributed by atoms with Crippen LogP contribution in [0.15, 0.2) is 12.2 Å². The van der Waals surface area contributed by atoms with Crippen molar-refractivity contribution in [3.05, 3.63) is 12.2 Å². The van der Waals surface area contributed by atoms with Crippen molar-refractivity contribution in [2.75, 3.05) is 13.1 Å². The number of rotatable bonds is 12. The van der Waals surface area contributed by atoms with Crippen LogP contribution < -0.4 is 11.1 Å². The number of carboxylic acids is 3. The topological polar surface area (TPSA) is 204 Å². The molecule has 12 nitrogen and oxygen atoms in total. The molecule has 0 saturated heterocycles. The summed E-state index contributed by atoms with van der Waals surface area (Å²) < 4.78 is 0. The number of hydrogen-bond donors (Lipinski definition) is 5. The molecule has 0 aromatic heterocycles. The summed E-state index contributed by atoms with van der Waals surface area (Å²) in [6.07, 6.45) is 1.92. The molecular weight excluding hydrogens is 378 g/mol. The first-order valence-corrected chi connectivity index (χ1v) is 8.29. The Bertz CT molecular complexity index is 686. The van der Waals surface area contributed by atoms with Gasteiger partial charge in [0.1, 0.15) is 5.54 Å².